The molecule has 126 valence electrons. The number of urea groups is 1. The number of aromatic nitrogens is 1. The second-order valence-electron chi connectivity index (χ2n) is 6.83. The van der Waals surface area contributed by atoms with E-state index in [2.05, 4.69) is 46.8 Å². The monoisotopic (exact) mass is 331 g/mol. The summed E-state index contributed by atoms with van der Waals surface area (Å²) in [6.07, 6.45) is 3.97. The Bertz CT molecular complexity index is 909. The molecule has 4 nitrogen and oxygen atoms in total. The van der Waals surface area contributed by atoms with Gasteiger partial charge in [0, 0.05) is 23.5 Å². The molecule has 0 radical (unpaired) electrons. The van der Waals surface area contributed by atoms with E-state index >= 15 is 0 Å². The number of pyridine rings is 1. The summed E-state index contributed by atoms with van der Waals surface area (Å²) in [4.78, 5) is 16.7. The smallest absolute Gasteiger partial charge is 0.319 e. The lowest BCUT2D eigenvalue weighted by molar-refractivity contribution is 0.251. The molecule has 4 rings (SSSR count). The third-order valence-electron chi connectivity index (χ3n) is 4.99. The first-order valence-corrected chi connectivity index (χ1v) is 8.62. The van der Waals surface area contributed by atoms with Gasteiger partial charge in [-0.25, -0.2) is 4.79 Å². The number of nitrogens with one attached hydrogen (secondary N) is 2. The van der Waals surface area contributed by atoms with Crippen LogP contribution in [0.5, 0.6) is 0 Å². The second kappa shape index (κ2) is 6.20. The third-order valence-corrected chi connectivity index (χ3v) is 4.99. The van der Waals surface area contributed by atoms with Gasteiger partial charge < -0.3 is 10.6 Å². The highest BCUT2D eigenvalue weighted by atomic mass is 16.2. The van der Waals surface area contributed by atoms with Gasteiger partial charge in [-0.3, -0.25) is 4.98 Å². The molecule has 3 aromatic rings. The Balaban J connectivity index is 1.43. The van der Waals surface area contributed by atoms with Crippen LogP contribution < -0.4 is 10.6 Å². The van der Waals surface area contributed by atoms with E-state index in [-0.39, 0.29) is 11.4 Å². The van der Waals surface area contributed by atoms with Crippen LogP contribution in [0, 0.1) is 6.92 Å². The average molecular weight is 331 g/mol. The number of para-hydroxylation sites is 1. The Morgan fingerprint density at radius 3 is 2.60 bits per heavy atom. The first kappa shape index (κ1) is 15.6. The standard InChI is InChI=1S/C21H21N3O/c1-15-7-9-17(10-8-15)21(11-12-21)14-23-20(25)24-18-6-2-4-16-5-3-13-22-19(16)18/h2-10,13H,11-12,14H2,1H3,(H2,23,24,25). The SMILES string of the molecule is Cc1ccc(C2(CNC(=O)Nc3cccc4cccnc34)CC2)cc1. The van der Waals surface area contributed by atoms with E-state index in [4.69, 9.17) is 0 Å². The number of nitrogens with zero attached hydrogens (tertiary/aromatic N) is 1. The maximum atomic E-state index is 12.4. The lowest BCUT2D eigenvalue weighted by Gasteiger charge is -2.17. The molecule has 0 aliphatic heterocycles. The fourth-order valence-corrected chi connectivity index (χ4v) is 3.25. The summed E-state index contributed by atoms with van der Waals surface area (Å²) in [6.45, 7) is 2.74. The van der Waals surface area contributed by atoms with Crippen molar-refractivity contribution in [3.63, 3.8) is 0 Å². The minimum Gasteiger partial charge on any atom is -0.337 e. The number of rotatable bonds is 4. The molecule has 2 amide bonds. The molecule has 1 aromatic heterocycles. The zero-order valence-electron chi connectivity index (χ0n) is 14.3. The number of carbonyl (C=O) groups excluding carboxylic acids is 1. The van der Waals surface area contributed by atoms with Gasteiger partial charge >= 0.3 is 6.03 Å². The molecule has 0 spiro atoms. The van der Waals surface area contributed by atoms with Gasteiger partial charge in [-0.2, -0.15) is 0 Å². The van der Waals surface area contributed by atoms with Crippen molar-refractivity contribution in [2.24, 2.45) is 0 Å². The van der Waals surface area contributed by atoms with Crippen LogP contribution in [0.15, 0.2) is 60.8 Å². The molecule has 1 heterocycles. The Morgan fingerprint density at radius 1 is 1.08 bits per heavy atom. The molecule has 1 saturated carbocycles. The van der Waals surface area contributed by atoms with Crippen molar-refractivity contribution in [3.05, 3.63) is 71.9 Å². The van der Waals surface area contributed by atoms with Crippen LogP contribution in [0.4, 0.5) is 10.5 Å². The van der Waals surface area contributed by atoms with Gasteiger partial charge in [-0.15, -0.1) is 0 Å². The molecular weight excluding hydrogens is 310 g/mol. The van der Waals surface area contributed by atoms with Crippen molar-refractivity contribution in [1.29, 1.82) is 0 Å². The molecule has 2 aromatic carbocycles. The number of benzene rings is 2. The van der Waals surface area contributed by atoms with Crippen molar-refractivity contribution in [1.82, 2.24) is 10.3 Å². The van der Waals surface area contributed by atoms with Gasteiger partial charge in [0.2, 0.25) is 0 Å². The summed E-state index contributed by atoms with van der Waals surface area (Å²) in [6, 6.07) is 18.1. The molecule has 1 aliphatic rings. The van der Waals surface area contributed by atoms with Crippen LogP contribution in [0.3, 0.4) is 0 Å². The molecule has 1 aliphatic carbocycles. The van der Waals surface area contributed by atoms with E-state index in [9.17, 15) is 4.79 Å². The topological polar surface area (TPSA) is 54.0 Å². The predicted molar refractivity (Wildman–Crippen MR) is 101 cm³/mol. The number of amides is 2. The van der Waals surface area contributed by atoms with Gasteiger partial charge in [-0.1, -0.05) is 48.0 Å². The van der Waals surface area contributed by atoms with E-state index < -0.39 is 0 Å². The number of anilines is 1. The normalized spacial score (nSPS) is 14.9. The van der Waals surface area contributed by atoms with Crippen LogP contribution in [-0.4, -0.2) is 17.6 Å². The van der Waals surface area contributed by atoms with Crippen LogP contribution in [0.25, 0.3) is 10.9 Å². The van der Waals surface area contributed by atoms with E-state index in [0.29, 0.717) is 6.54 Å². The van der Waals surface area contributed by atoms with Gasteiger partial charge in [0.1, 0.15) is 0 Å². The summed E-state index contributed by atoms with van der Waals surface area (Å²) < 4.78 is 0. The number of hydrogen-bond donors (Lipinski definition) is 2. The van der Waals surface area contributed by atoms with Crippen molar-refractivity contribution in [2.75, 3.05) is 11.9 Å². The lowest BCUT2D eigenvalue weighted by Crippen LogP contribution is -2.35. The Hall–Kier alpha value is -2.88. The molecule has 0 atom stereocenters. The van der Waals surface area contributed by atoms with Crippen molar-refractivity contribution < 1.29 is 4.79 Å². The van der Waals surface area contributed by atoms with Crippen LogP contribution in [0.1, 0.15) is 24.0 Å². The fourth-order valence-electron chi connectivity index (χ4n) is 3.25. The van der Waals surface area contributed by atoms with Crippen molar-refractivity contribution in [3.8, 4) is 0 Å². The molecule has 4 heteroatoms. The number of carbonyl (C=O) groups is 1. The molecule has 0 saturated heterocycles. The summed E-state index contributed by atoms with van der Waals surface area (Å²) in [5.41, 5.74) is 4.21. The van der Waals surface area contributed by atoms with Crippen molar-refractivity contribution >= 4 is 22.6 Å². The second-order valence-corrected chi connectivity index (χ2v) is 6.83. The largest absolute Gasteiger partial charge is 0.337 e. The zero-order chi connectivity index (χ0) is 17.3. The molecule has 0 bridgehead atoms. The fraction of sp³-hybridized carbons (Fsp3) is 0.238. The van der Waals surface area contributed by atoms with Gasteiger partial charge in [0.15, 0.2) is 0 Å². The van der Waals surface area contributed by atoms with Crippen LogP contribution in [-0.2, 0) is 5.41 Å². The van der Waals surface area contributed by atoms with Crippen LogP contribution >= 0.6 is 0 Å². The average Bonchev–Trinajstić information content (AvgIpc) is 3.42. The van der Waals surface area contributed by atoms with Crippen LogP contribution in [0.2, 0.25) is 0 Å². The minimum absolute atomic E-state index is 0.0993. The quantitative estimate of drug-likeness (QED) is 0.744. The Labute approximate surface area is 147 Å². The molecule has 2 N–H and O–H groups in total. The highest BCUT2D eigenvalue weighted by Crippen LogP contribution is 2.47. The number of fused-ring (bicyclic) bond motifs is 1. The van der Waals surface area contributed by atoms with E-state index in [1.807, 2.05) is 30.3 Å². The summed E-state index contributed by atoms with van der Waals surface area (Å²) >= 11 is 0. The third kappa shape index (κ3) is 3.20. The maximum Gasteiger partial charge on any atom is 0.319 e. The lowest BCUT2D eigenvalue weighted by atomic mass is 9.95. The molecule has 0 unspecified atom stereocenters. The summed E-state index contributed by atoms with van der Waals surface area (Å²) in [5.74, 6) is 0. The molecule has 25 heavy (non-hydrogen) atoms. The van der Waals surface area contributed by atoms with Gasteiger partial charge in [-0.05, 0) is 37.5 Å². The maximum absolute atomic E-state index is 12.4. The Morgan fingerprint density at radius 2 is 1.84 bits per heavy atom. The van der Waals surface area contributed by atoms with Gasteiger partial charge in [0.25, 0.3) is 0 Å². The highest BCUT2D eigenvalue weighted by molar-refractivity contribution is 5.99. The number of hydrogen-bond acceptors (Lipinski definition) is 2. The summed E-state index contributed by atoms with van der Waals surface area (Å²) in [5, 5.41) is 6.98. The van der Waals surface area contributed by atoms with E-state index in [1.165, 1.54) is 11.1 Å². The summed E-state index contributed by atoms with van der Waals surface area (Å²) in [7, 11) is 0. The van der Waals surface area contributed by atoms with E-state index in [1.54, 1.807) is 6.20 Å². The van der Waals surface area contributed by atoms with E-state index in [0.717, 1.165) is 29.4 Å². The highest BCUT2D eigenvalue weighted by Gasteiger charge is 2.44. The number of aryl methyl sites for hydroxylation is 1. The van der Waals surface area contributed by atoms with Gasteiger partial charge in [0.05, 0.1) is 11.2 Å². The molecule has 1 fully saturated rings. The Kier molecular flexibility index (Phi) is 3.88. The minimum atomic E-state index is -0.184. The zero-order valence-corrected chi connectivity index (χ0v) is 14.3. The molecular formula is C21H21N3O. The first-order valence-electron chi connectivity index (χ1n) is 8.62. The first-order chi connectivity index (χ1) is 12.2. The van der Waals surface area contributed by atoms with Crippen molar-refractivity contribution in [2.45, 2.75) is 25.2 Å². The predicted octanol–water partition coefficient (Wildman–Crippen LogP) is 4.40.